The van der Waals surface area contributed by atoms with Gasteiger partial charge < -0.3 is 35.6 Å². The molecule has 214 valence electrons. The van der Waals surface area contributed by atoms with Gasteiger partial charge in [0.2, 0.25) is 11.6 Å². The molecule has 0 aromatic heterocycles. The highest BCUT2D eigenvalue weighted by molar-refractivity contribution is 6.39. The number of fused-ring (bicyclic) bond motifs is 1. The van der Waals surface area contributed by atoms with Gasteiger partial charge in [-0.3, -0.25) is 19.3 Å². The van der Waals surface area contributed by atoms with E-state index >= 15 is 0 Å². The Bertz CT molecular complexity index is 1340. The SMILES string of the molecule is BC(B)(c1cccc(CNc2cccc3c2CN(C(O)(C=O)C(B)(O)C(B)(O)C(=O)NC)C3=O)c1)N1CCOCC1. The molecule has 0 saturated carbocycles. The number of morpholine rings is 1. The molecular formula is C26H36B4N4O7. The van der Waals surface area contributed by atoms with Gasteiger partial charge in [-0.05, 0) is 28.6 Å². The molecule has 2 aromatic rings. The number of nitrogens with zero attached hydrogens (tertiary/aromatic N) is 2. The van der Waals surface area contributed by atoms with Crippen LogP contribution in [0.1, 0.15) is 27.0 Å². The first kappa shape index (κ1) is 30.9. The Balaban J connectivity index is 1.57. The molecule has 1 fully saturated rings. The average molecular weight is 560 g/mol. The van der Waals surface area contributed by atoms with Gasteiger partial charge in [-0.2, -0.15) is 0 Å². The summed E-state index contributed by atoms with van der Waals surface area (Å²) in [6, 6.07) is 13.3. The Hall–Kier alpha value is -3.09. The van der Waals surface area contributed by atoms with E-state index in [1.165, 1.54) is 12.6 Å². The highest BCUT2D eigenvalue weighted by atomic mass is 16.5. The lowest BCUT2D eigenvalue weighted by Crippen LogP contribution is -2.78. The minimum absolute atomic E-state index is 0.0248. The van der Waals surface area contributed by atoms with Gasteiger partial charge in [-0.25, -0.2) is 0 Å². The van der Waals surface area contributed by atoms with Crippen LogP contribution >= 0.6 is 0 Å². The second-order valence-electron chi connectivity index (χ2n) is 11.5. The number of likely N-dealkylation sites (N-methyl/N-ethyl adjacent to an activating group) is 1. The van der Waals surface area contributed by atoms with Crippen LogP contribution in [0.3, 0.4) is 0 Å². The number of aliphatic hydroxyl groups is 3. The molecule has 11 nitrogen and oxygen atoms in total. The van der Waals surface area contributed by atoms with Gasteiger partial charge >= 0.3 is 0 Å². The van der Waals surface area contributed by atoms with E-state index in [-0.39, 0.29) is 23.7 Å². The Morgan fingerprint density at radius 3 is 2.37 bits per heavy atom. The van der Waals surface area contributed by atoms with Gasteiger partial charge in [-0.15, -0.1) is 0 Å². The van der Waals surface area contributed by atoms with Crippen LogP contribution in [0.5, 0.6) is 0 Å². The number of hydrogen-bond donors (Lipinski definition) is 5. The summed E-state index contributed by atoms with van der Waals surface area (Å²) in [6.07, 6.45) is -0.0248. The molecule has 2 aliphatic heterocycles. The molecular weight excluding hydrogens is 524 g/mol. The first-order chi connectivity index (χ1) is 19.2. The maximum Gasteiger partial charge on any atom is 0.257 e. The number of carbonyl (C=O) groups excluding carboxylic acids is 3. The Labute approximate surface area is 243 Å². The van der Waals surface area contributed by atoms with E-state index in [9.17, 15) is 29.7 Å². The molecule has 41 heavy (non-hydrogen) atoms. The zero-order valence-electron chi connectivity index (χ0n) is 24.2. The second-order valence-corrected chi connectivity index (χ2v) is 11.5. The number of nitrogens with one attached hydrogen (secondary N) is 2. The lowest BCUT2D eigenvalue weighted by molar-refractivity contribution is -0.213. The second kappa shape index (κ2) is 11.3. The van der Waals surface area contributed by atoms with Crippen LogP contribution in [0, 0.1) is 0 Å². The maximum atomic E-state index is 13.4. The number of anilines is 1. The predicted octanol–water partition coefficient (Wildman–Crippen LogP) is -4.76. The van der Waals surface area contributed by atoms with Crippen molar-refractivity contribution in [3.63, 3.8) is 0 Å². The van der Waals surface area contributed by atoms with Crippen molar-refractivity contribution in [1.29, 1.82) is 0 Å². The fraction of sp³-hybridized carbons (Fsp3) is 0.423. The summed E-state index contributed by atoms with van der Waals surface area (Å²) in [7, 11) is 7.54. The lowest BCUT2D eigenvalue weighted by Gasteiger charge is -2.49. The standard InChI is InChI=1S/C26H36B4N4O7/c1-31-22(37)24(27,39)26(30,40)23(38,15-35)34-14-19-18(21(34)36)6-3-7-20(19)32-13-16-4-2-5-17(12-16)25(28,29)33-8-10-41-11-9-33/h2-7,12,15,32,38-40H,8-11,13-14,27-30H2,1H3,(H,31,37). The zero-order valence-corrected chi connectivity index (χ0v) is 24.2. The Morgan fingerprint density at radius 1 is 1.07 bits per heavy atom. The molecule has 2 amide bonds. The molecule has 2 aromatic carbocycles. The summed E-state index contributed by atoms with van der Waals surface area (Å²) < 4.78 is 5.51. The van der Waals surface area contributed by atoms with Crippen LogP contribution in [0.4, 0.5) is 5.69 Å². The number of carbonyl (C=O) groups is 3. The van der Waals surface area contributed by atoms with E-state index in [1.807, 2.05) is 12.1 Å². The Kier molecular flexibility index (Phi) is 8.50. The van der Waals surface area contributed by atoms with Crippen molar-refractivity contribution in [3.8, 4) is 0 Å². The fourth-order valence-corrected chi connectivity index (χ4v) is 5.60. The molecule has 0 bridgehead atoms. The van der Waals surface area contributed by atoms with Crippen LogP contribution < -0.4 is 10.6 Å². The van der Waals surface area contributed by atoms with Gasteiger partial charge in [0, 0.05) is 43.5 Å². The van der Waals surface area contributed by atoms with Crippen LogP contribution in [0.15, 0.2) is 42.5 Å². The number of hydrogen-bond acceptors (Lipinski definition) is 9. The third kappa shape index (κ3) is 5.21. The van der Waals surface area contributed by atoms with Crippen molar-refractivity contribution in [2.75, 3.05) is 38.7 Å². The molecule has 1 saturated heterocycles. The molecule has 0 spiro atoms. The van der Waals surface area contributed by atoms with E-state index in [2.05, 4.69) is 43.4 Å². The molecule has 0 radical (unpaired) electrons. The molecule has 0 aliphatic carbocycles. The van der Waals surface area contributed by atoms with E-state index in [0.29, 0.717) is 31.0 Å². The van der Waals surface area contributed by atoms with E-state index in [0.717, 1.165) is 39.2 Å². The summed E-state index contributed by atoms with van der Waals surface area (Å²) in [6.45, 7) is 3.33. The monoisotopic (exact) mass is 560 g/mol. The summed E-state index contributed by atoms with van der Waals surface area (Å²) in [4.78, 5) is 41.2. The average Bonchev–Trinajstić information content (AvgIpc) is 3.32. The molecule has 2 heterocycles. The minimum Gasteiger partial charge on any atom is -0.391 e. The molecule has 3 unspecified atom stereocenters. The molecule has 2 aliphatic rings. The summed E-state index contributed by atoms with van der Waals surface area (Å²) in [5.74, 6) is -1.76. The van der Waals surface area contributed by atoms with Gasteiger partial charge in [0.15, 0.2) is 22.0 Å². The fourth-order valence-electron chi connectivity index (χ4n) is 5.60. The smallest absolute Gasteiger partial charge is 0.257 e. The van der Waals surface area contributed by atoms with E-state index in [4.69, 9.17) is 4.74 Å². The van der Waals surface area contributed by atoms with Gasteiger partial charge in [0.05, 0.1) is 19.8 Å². The largest absolute Gasteiger partial charge is 0.391 e. The zero-order chi connectivity index (χ0) is 30.2. The van der Waals surface area contributed by atoms with Crippen molar-refractivity contribution in [2.45, 2.75) is 35.2 Å². The third-order valence-electron chi connectivity index (χ3n) is 8.80. The topological polar surface area (TPSA) is 152 Å². The van der Waals surface area contributed by atoms with E-state index in [1.54, 1.807) is 18.2 Å². The van der Waals surface area contributed by atoms with Crippen molar-refractivity contribution < 1.29 is 34.4 Å². The number of aldehydes is 1. The predicted molar refractivity (Wildman–Crippen MR) is 163 cm³/mol. The van der Waals surface area contributed by atoms with Crippen molar-refractivity contribution in [1.82, 2.24) is 15.1 Å². The molecule has 15 heteroatoms. The van der Waals surface area contributed by atoms with Gasteiger partial charge in [0.1, 0.15) is 26.7 Å². The molecule has 3 atom stereocenters. The highest BCUT2D eigenvalue weighted by Gasteiger charge is 2.64. The van der Waals surface area contributed by atoms with Crippen LogP contribution in [-0.4, -0.2) is 125 Å². The maximum absolute atomic E-state index is 13.4. The summed E-state index contributed by atoms with van der Waals surface area (Å²) in [5.41, 5.74) is -4.76. The number of amides is 2. The normalized spacial score (nSPS) is 20.3. The first-order valence-electron chi connectivity index (χ1n) is 13.7. The summed E-state index contributed by atoms with van der Waals surface area (Å²) in [5, 5.41) is 38.8. The number of benzene rings is 2. The van der Waals surface area contributed by atoms with Crippen LogP contribution in [-0.2, 0) is 32.8 Å². The Morgan fingerprint density at radius 2 is 1.73 bits per heavy atom. The number of ether oxygens (including phenoxy) is 1. The minimum atomic E-state index is -2.92. The number of rotatable bonds is 10. The molecule has 4 rings (SSSR count). The van der Waals surface area contributed by atoms with Crippen molar-refractivity contribution in [2.24, 2.45) is 0 Å². The van der Waals surface area contributed by atoms with E-state index < -0.39 is 28.5 Å². The van der Waals surface area contributed by atoms with Crippen molar-refractivity contribution >= 4 is 55.2 Å². The summed E-state index contributed by atoms with van der Waals surface area (Å²) >= 11 is 0. The third-order valence-corrected chi connectivity index (χ3v) is 8.80. The van der Waals surface area contributed by atoms with Gasteiger partial charge in [-0.1, -0.05) is 30.3 Å². The highest BCUT2D eigenvalue weighted by Crippen LogP contribution is 2.39. The lowest BCUT2D eigenvalue weighted by atomic mass is 9.53. The quantitative estimate of drug-likeness (QED) is 0.143. The van der Waals surface area contributed by atoms with Crippen molar-refractivity contribution in [3.05, 3.63) is 64.7 Å². The van der Waals surface area contributed by atoms with Crippen LogP contribution in [0.2, 0.25) is 0 Å². The van der Waals surface area contributed by atoms with Crippen LogP contribution in [0.25, 0.3) is 0 Å². The van der Waals surface area contributed by atoms with Gasteiger partial charge in [0.25, 0.3) is 5.91 Å². The first-order valence-corrected chi connectivity index (χ1v) is 13.7. The molecule has 5 N–H and O–H groups in total.